The second-order valence-corrected chi connectivity index (χ2v) is 5.26. The number of tetrazole rings is 1. The van der Waals surface area contributed by atoms with Crippen LogP contribution in [0.5, 0.6) is 0 Å². The van der Waals surface area contributed by atoms with E-state index in [1.165, 1.54) is 0 Å². The smallest absolute Gasteiger partial charge is 0.257 e. The number of rotatable bonds is 0. The van der Waals surface area contributed by atoms with Crippen molar-refractivity contribution in [1.29, 1.82) is 0 Å². The van der Waals surface area contributed by atoms with Gasteiger partial charge in [0.2, 0.25) is 0 Å². The highest BCUT2D eigenvalue weighted by atomic mass is 32.2. The normalized spacial score (nSPS) is 21.2. The zero-order chi connectivity index (χ0) is 12.1. The van der Waals surface area contributed by atoms with Gasteiger partial charge in [0, 0.05) is 5.75 Å². The van der Waals surface area contributed by atoms with Crippen LogP contribution in [0.15, 0.2) is 24.3 Å². The molecule has 1 atom stereocenters. The van der Waals surface area contributed by atoms with E-state index in [0.29, 0.717) is 11.4 Å². The molecular weight excluding hydrogens is 250 g/mol. The highest BCUT2D eigenvalue weighted by Crippen LogP contribution is 2.37. The van der Waals surface area contributed by atoms with Gasteiger partial charge < -0.3 is 4.90 Å². The van der Waals surface area contributed by atoms with Gasteiger partial charge in [-0.1, -0.05) is 12.1 Å². The fraction of sp³-hybridized carbons (Fsp3) is 0.273. The number of hydrogen-bond acceptors (Lipinski definition) is 5. The van der Waals surface area contributed by atoms with Crippen molar-refractivity contribution in [2.24, 2.45) is 0 Å². The number of fused-ring (bicyclic) bond motifs is 5. The van der Waals surface area contributed by atoms with Gasteiger partial charge in [0.15, 0.2) is 5.82 Å². The van der Waals surface area contributed by atoms with Crippen molar-refractivity contribution in [3.8, 4) is 5.69 Å². The molecule has 0 bridgehead atoms. The van der Waals surface area contributed by atoms with Gasteiger partial charge in [0.1, 0.15) is 6.04 Å². The van der Waals surface area contributed by atoms with E-state index in [1.807, 2.05) is 29.2 Å². The molecule has 18 heavy (non-hydrogen) atoms. The molecule has 0 N–H and O–H groups in total. The maximum atomic E-state index is 12.5. The first kappa shape index (κ1) is 10.1. The number of nitrogens with zero attached hydrogens (tertiary/aromatic N) is 5. The zero-order valence-electron chi connectivity index (χ0n) is 9.35. The highest BCUT2D eigenvalue weighted by molar-refractivity contribution is 7.99. The van der Waals surface area contributed by atoms with Crippen molar-refractivity contribution in [1.82, 2.24) is 25.1 Å². The van der Waals surface area contributed by atoms with Crippen LogP contribution >= 0.6 is 11.8 Å². The Hall–Kier alpha value is -1.89. The lowest BCUT2D eigenvalue weighted by molar-refractivity contribution is 0.0747. The van der Waals surface area contributed by atoms with E-state index >= 15 is 0 Å². The molecule has 1 aromatic carbocycles. The largest absolute Gasteiger partial charge is 0.318 e. The highest BCUT2D eigenvalue weighted by Gasteiger charge is 2.38. The topological polar surface area (TPSA) is 63.9 Å². The molecule has 0 aliphatic carbocycles. The quantitative estimate of drug-likeness (QED) is 0.702. The maximum absolute atomic E-state index is 12.5. The Morgan fingerprint density at radius 1 is 1.33 bits per heavy atom. The minimum absolute atomic E-state index is 0.0232. The van der Waals surface area contributed by atoms with Gasteiger partial charge in [-0.15, -0.1) is 16.9 Å². The monoisotopic (exact) mass is 259 g/mol. The minimum Gasteiger partial charge on any atom is -0.318 e. The maximum Gasteiger partial charge on any atom is 0.257 e. The van der Waals surface area contributed by atoms with Crippen LogP contribution in [0.1, 0.15) is 22.2 Å². The Kier molecular flexibility index (Phi) is 1.99. The summed E-state index contributed by atoms with van der Waals surface area (Å²) in [6.45, 7) is 0. The molecule has 0 saturated carbocycles. The Balaban J connectivity index is 2.04. The molecule has 6 nitrogen and oxygen atoms in total. The minimum atomic E-state index is -0.0232. The number of benzene rings is 1. The van der Waals surface area contributed by atoms with Gasteiger partial charge in [-0.25, -0.2) is 0 Å². The molecule has 2 aliphatic heterocycles. The van der Waals surface area contributed by atoms with Gasteiger partial charge in [0.05, 0.1) is 17.1 Å². The molecule has 7 heteroatoms. The molecule has 1 fully saturated rings. The van der Waals surface area contributed by atoms with Crippen molar-refractivity contribution in [2.45, 2.75) is 6.04 Å². The second-order valence-electron chi connectivity index (χ2n) is 4.26. The van der Waals surface area contributed by atoms with Crippen LogP contribution in [0.25, 0.3) is 5.69 Å². The first-order valence-electron chi connectivity index (χ1n) is 5.62. The molecule has 1 unspecified atom stereocenters. The fourth-order valence-electron chi connectivity index (χ4n) is 2.42. The van der Waals surface area contributed by atoms with Gasteiger partial charge in [0.25, 0.3) is 5.91 Å². The number of carbonyl (C=O) groups is 1. The zero-order valence-corrected chi connectivity index (χ0v) is 10.2. The van der Waals surface area contributed by atoms with Crippen molar-refractivity contribution in [3.63, 3.8) is 0 Å². The first-order chi connectivity index (χ1) is 8.86. The molecule has 3 heterocycles. The second kappa shape index (κ2) is 3.55. The average molecular weight is 259 g/mol. The number of amides is 1. The molecule has 0 spiro atoms. The molecular formula is C11H9N5OS. The lowest BCUT2D eigenvalue weighted by Crippen LogP contribution is -2.30. The number of hydrogen-bond donors (Lipinski definition) is 0. The van der Waals surface area contributed by atoms with E-state index in [4.69, 9.17) is 0 Å². The Labute approximate surface area is 107 Å². The Morgan fingerprint density at radius 3 is 3.17 bits per heavy atom. The van der Waals surface area contributed by atoms with E-state index in [2.05, 4.69) is 15.5 Å². The van der Waals surface area contributed by atoms with Crippen LogP contribution in [0.4, 0.5) is 0 Å². The van der Waals surface area contributed by atoms with Gasteiger partial charge in [-0.05, 0) is 22.6 Å². The van der Waals surface area contributed by atoms with E-state index in [1.54, 1.807) is 16.4 Å². The van der Waals surface area contributed by atoms with Crippen LogP contribution in [0.3, 0.4) is 0 Å². The standard InChI is InChI=1S/C11H9N5OS/c17-11-7-3-1-2-4-8(7)16-10(12-13-14-16)9-5-18-6-15(9)11/h1-4,9H,5-6H2. The van der Waals surface area contributed by atoms with Crippen LogP contribution in [0, 0.1) is 0 Å². The number of aromatic nitrogens is 4. The van der Waals surface area contributed by atoms with E-state index in [9.17, 15) is 4.79 Å². The summed E-state index contributed by atoms with van der Waals surface area (Å²) < 4.78 is 1.68. The SMILES string of the molecule is O=C1c2ccccc2-n2nnnc2C2CSCN12. The summed E-state index contributed by atoms with van der Waals surface area (Å²) in [4.78, 5) is 14.4. The third-order valence-electron chi connectivity index (χ3n) is 3.30. The third kappa shape index (κ3) is 1.19. The predicted molar refractivity (Wildman–Crippen MR) is 65.4 cm³/mol. The number of thioether (sulfide) groups is 1. The lowest BCUT2D eigenvalue weighted by Gasteiger charge is -2.19. The van der Waals surface area contributed by atoms with Gasteiger partial charge in [-0.3, -0.25) is 4.79 Å². The van der Waals surface area contributed by atoms with Gasteiger partial charge in [-0.2, -0.15) is 4.68 Å². The van der Waals surface area contributed by atoms with Crippen molar-refractivity contribution in [3.05, 3.63) is 35.7 Å². The molecule has 90 valence electrons. The summed E-state index contributed by atoms with van der Waals surface area (Å²) >= 11 is 1.73. The molecule has 2 aliphatic rings. The van der Waals surface area contributed by atoms with E-state index < -0.39 is 0 Å². The molecule has 2 aromatic rings. The molecule has 1 saturated heterocycles. The molecule has 1 aromatic heterocycles. The number of carbonyl (C=O) groups excluding carboxylic acids is 1. The van der Waals surface area contributed by atoms with Crippen molar-refractivity contribution < 1.29 is 4.79 Å². The van der Waals surface area contributed by atoms with E-state index in [0.717, 1.165) is 17.3 Å². The molecule has 4 rings (SSSR count). The van der Waals surface area contributed by atoms with Crippen LogP contribution in [0.2, 0.25) is 0 Å². The first-order valence-corrected chi connectivity index (χ1v) is 6.78. The predicted octanol–water partition coefficient (Wildman–Crippen LogP) is 0.863. The summed E-state index contributed by atoms with van der Waals surface area (Å²) in [6, 6.07) is 7.44. The Morgan fingerprint density at radius 2 is 2.22 bits per heavy atom. The summed E-state index contributed by atoms with van der Waals surface area (Å²) in [5.41, 5.74) is 1.43. The fourth-order valence-corrected chi connectivity index (χ4v) is 3.58. The summed E-state index contributed by atoms with van der Waals surface area (Å²) in [5.74, 6) is 2.34. The van der Waals surface area contributed by atoms with Crippen molar-refractivity contribution >= 4 is 17.7 Å². The molecule has 1 amide bonds. The lowest BCUT2D eigenvalue weighted by atomic mass is 10.1. The Bertz CT molecular complexity index is 640. The third-order valence-corrected chi connectivity index (χ3v) is 4.31. The number of para-hydroxylation sites is 1. The average Bonchev–Trinajstić information content (AvgIpc) is 3.04. The van der Waals surface area contributed by atoms with Crippen LogP contribution < -0.4 is 0 Å². The summed E-state index contributed by atoms with van der Waals surface area (Å²) in [5, 5.41) is 11.9. The van der Waals surface area contributed by atoms with Crippen molar-refractivity contribution in [2.75, 3.05) is 11.6 Å². The summed E-state index contributed by atoms with van der Waals surface area (Å²) in [7, 11) is 0. The van der Waals surface area contributed by atoms with Gasteiger partial charge >= 0.3 is 0 Å². The molecule has 0 radical (unpaired) electrons. The van der Waals surface area contributed by atoms with Crippen LogP contribution in [-0.2, 0) is 0 Å². The summed E-state index contributed by atoms with van der Waals surface area (Å²) in [6.07, 6.45) is 0. The van der Waals surface area contributed by atoms with E-state index in [-0.39, 0.29) is 11.9 Å². The van der Waals surface area contributed by atoms with Crippen LogP contribution in [-0.4, -0.2) is 42.6 Å².